The molecule has 0 N–H and O–H groups in total. The summed E-state index contributed by atoms with van der Waals surface area (Å²) in [6, 6.07) is 22.4. The van der Waals surface area contributed by atoms with Crippen LogP contribution in [0.15, 0.2) is 66.7 Å². The molecule has 1 aliphatic carbocycles. The number of carbonyl (C=O) groups excluding carboxylic acids is 1. The lowest BCUT2D eigenvalue weighted by molar-refractivity contribution is 0.0600. The molecule has 4 nitrogen and oxygen atoms in total. The molecule has 3 aromatic carbocycles. The van der Waals surface area contributed by atoms with Gasteiger partial charge in [0.25, 0.3) is 0 Å². The van der Waals surface area contributed by atoms with E-state index in [2.05, 4.69) is 36.4 Å². The number of rotatable bonds is 8. The number of benzene rings is 3. The Morgan fingerprint density at radius 2 is 1.62 bits per heavy atom. The number of hydrogen-bond donors (Lipinski definition) is 0. The zero-order valence-corrected chi connectivity index (χ0v) is 18.8. The Morgan fingerprint density at radius 3 is 2.34 bits per heavy atom. The lowest BCUT2D eigenvalue weighted by atomic mass is 9.94. The van der Waals surface area contributed by atoms with Gasteiger partial charge in [-0.2, -0.15) is 0 Å². The number of aryl methyl sites for hydroxylation is 2. The molecule has 32 heavy (non-hydrogen) atoms. The van der Waals surface area contributed by atoms with Crippen LogP contribution in [0, 0.1) is 0 Å². The van der Waals surface area contributed by atoms with Crippen molar-refractivity contribution in [3.05, 3.63) is 83.4 Å². The monoisotopic (exact) mass is 430 g/mol. The molecule has 4 rings (SSSR count). The van der Waals surface area contributed by atoms with Crippen molar-refractivity contribution in [1.29, 1.82) is 0 Å². The molecular weight excluding hydrogens is 400 g/mol. The van der Waals surface area contributed by atoms with E-state index in [1.54, 1.807) is 7.11 Å². The number of carbonyl (C=O) groups is 1. The second-order valence-electron chi connectivity index (χ2n) is 8.24. The minimum atomic E-state index is -0.308. The third-order valence-electron chi connectivity index (χ3n) is 6.15. The van der Waals surface area contributed by atoms with E-state index in [-0.39, 0.29) is 12.1 Å². The minimum absolute atomic E-state index is 0.280. The van der Waals surface area contributed by atoms with Gasteiger partial charge in [0.15, 0.2) is 11.5 Å². The fourth-order valence-corrected chi connectivity index (χ4v) is 4.35. The normalized spacial score (nSPS) is 13.7. The molecule has 0 aliphatic heterocycles. The van der Waals surface area contributed by atoms with E-state index in [1.165, 1.54) is 36.6 Å². The molecule has 4 heteroatoms. The average Bonchev–Trinajstić information content (AvgIpc) is 3.36. The van der Waals surface area contributed by atoms with Crippen molar-refractivity contribution in [2.24, 2.45) is 0 Å². The van der Waals surface area contributed by atoms with E-state index in [0.717, 1.165) is 42.7 Å². The maximum atomic E-state index is 11.6. The van der Waals surface area contributed by atoms with E-state index in [0.29, 0.717) is 5.56 Å². The van der Waals surface area contributed by atoms with Crippen molar-refractivity contribution in [3.8, 4) is 22.6 Å². The molecule has 1 saturated carbocycles. The summed E-state index contributed by atoms with van der Waals surface area (Å²) in [6.07, 6.45) is 6.75. The first-order chi connectivity index (χ1) is 15.7. The van der Waals surface area contributed by atoms with Gasteiger partial charge in [0, 0.05) is 0 Å². The van der Waals surface area contributed by atoms with Gasteiger partial charge in [-0.1, -0.05) is 42.5 Å². The van der Waals surface area contributed by atoms with Gasteiger partial charge in [0.2, 0.25) is 0 Å². The lowest BCUT2D eigenvalue weighted by Crippen LogP contribution is -2.11. The SMILES string of the molecule is COC(=O)c1ccc(CCc2ccccc2-c2ccc(OC)c(OC3CCCC3)c2)cc1. The summed E-state index contributed by atoms with van der Waals surface area (Å²) >= 11 is 0. The van der Waals surface area contributed by atoms with Crippen molar-refractivity contribution >= 4 is 5.97 Å². The van der Waals surface area contributed by atoms with Crippen LogP contribution in [0.3, 0.4) is 0 Å². The molecule has 0 heterocycles. The minimum Gasteiger partial charge on any atom is -0.493 e. The summed E-state index contributed by atoms with van der Waals surface area (Å²) in [5.74, 6) is 1.30. The zero-order chi connectivity index (χ0) is 22.3. The number of esters is 1. The second kappa shape index (κ2) is 10.4. The molecule has 3 aromatic rings. The Hall–Kier alpha value is -3.27. The van der Waals surface area contributed by atoms with Crippen LogP contribution >= 0.6 is 0 Å². The van der Waals surface area contributed by atoms with E-state index < -0.39 is 0 Å². The van der Waals surface area contributed by atoms with E-state index >= 15 is 0 Å². The van der Waals surface area contributed by atoms with Gasteiger partial charge in [-0.05, 0) is 85.0 Å². The fourth-order valence-electron chi connectivity index (χ4n) is 4.35. The molecule has 0 atom stereocenters. The van der Waals surface area contributed by atoms with Crippen molar-refractivity contribution in [3.63, 3.8) is 0 Å². The summed E-state index contributed by atoms with van der Waals surface area (Å²) in [4.78, 5) is 11.6. The highest BCUT2D eigenvalue weighted by molar-refractivity contribution is 5.89. The molecule has 0 unspecified atom stereocenters. The van der Waals surface area contributed by atoms with Gasteiger partial charge in [-0.3, -0.25) is 0 Å². The highest BCUT2D eigenvalue weighted by Crippen LogP contribution is 2.36. The predicted molar refractivity (Wildman–Crippen MR) is 127 cm³/mol. The molecule has 0 spiro atoms. The molecule has 1 aliphatic rings. The van der Waals surface area contributed by atoms with Crippen LogP contribution in [0.4, 0.5) is 0 Å². The summed E-state index contributed by atoms with van der Waals surface area (Å²) in [5.41, 5.74) is 5.38. The molecule has 0 saturated heterocycles. The van der Waals surface area contributed by atoms with Crippen molar-refractivity contribution in [2.75, 3.05) is 14.2 Å². The lowest BCUT2D eigenvalue weighted by Gasteiger charge is -2.18. The Morgan fingerprint density at radius 1 is 0.875 bits per heavy atom. The van der Waals surface area contributed by atoms with Crippen LogP contribution in [-0.2, 0) is 17.6 Å². The van der Waals surface area contributed by atoms with Crippen molar-refractivity contribution < 1.29 is 19.0 Å². The summed E-state index contributed by atoms with van der Waals surface area (Å²) < 4.78 is 16.6. The van der Waals surface area contributed by atoms with Gasteiger partial charge >= 0.3 is 5.97 Å². The van der Waals surface area contributed by atoms with Crippen LogP contribution < -0.4 is 9.47 Å². The predicted octanol–water partition coefficient (Wildman–Crippen LogP) is 6.26. The van der Waals surface area contributed by atoms with Gasteiger partial charge in [0.05, 0.1) is 25.9 Å². The summed E-state index contributed by atoms with van der Waals surface area (Å²) in [5, 5.41) is 0. The van der Waals surface area contributed by atoms with Crippen LogP contribution in [0.1, 0.15) is 47.2 Å². The van der Waals surface area contributed by atoms with E-state index in [1.807, 2.05) is 30.3 Å². The van der Waals surface area contributed by atoms with Gasteiger partial charge in [-0.15, -0.1) is 0 Å². The number of hydrogen-bond acceptors (Lipinski definition) is 4. The topological polar surface area (TPSA) is 44.8 Å². The molecule has 0 bridgehead atoms. The molecular formula is C28H30O4. The molecule has 0 amide bonds. The molecule has 1 fully saturated rings. The largest absolute Gasteiger partial charge is 0.493 e. The Bertz CT molecular complexity index is 1050. The maximum absolute atomic E-state index is 11.6. The smallest absolute Gasteiger partial charge is 0.337 e. The van der Waals surface area contributed by atoms with Gasteiger partial charge in [-0.25, -0.2) is 4.79 Å². The maximum Gasteiger partial charge on any atom is 0.337 e. The van der Waals surface area contributed by atoms with Crippen LogP contribution in [0.5, 0.6) is 11.5 Å². The molecule has 0 aromatic heterocycles. The Kier molecular flexibility index (Phi) is 7.10. The highest BCUT2D eigenvalue weighted by Gasteiger charge is 2.19. The quantitative estimate of drug-likeness (QED) is 0.396. The first kappa shape index (κ1) is 21.9. The molecule has 166 valence electrons. The number of ether oxygens (including phenoxy) is 3. The first-order valence-corrected chi connectivity index (χ1v) is 11.3. The van der Waals surface area contributed by atoms with E-state index in [4.69, 9.17) is 14.2 Å². The number of methoxy groups -OCH3 is 2. The van der Waals surface area contributed by atoms with Crippen molar-refractivity contribution in [2.45, 2.75) is 44.6 Å². The summed E-state index contributed by atoms with van der Waals surface area (Å²) in [7, 11) is 3.09. The highest BCUT2D eigenvalue weighted by atomic mass is 16.5. The second-order valence-corrected chi connectivity index (χ2v) is 8.24. The Labute approximate surface area is 190 Å². The summed E-state index contributed by atoms with van der Waals surface area (Å²) in [6.45, 7) is 0. The van der Waals surface area contributed by atoms with Crippen LogP contribution in [-0.4, -0.2) is 26.3 Å². The van der Waals surface area contributed by atoms with Gasteiger partial charge in [0.1, 0.15) is 0 Å². The van der Waals surface area contributed by atoms with E-state index in [9.17, 15) is 4.79 Å². The van der Waals surface area contributed by atoms with Crippen LogP contribution in [0.2, 0.25) is 0 Å². The van der Waals surface area contributed by atoms with Crippen LogP contribution in [0.25, 0.3) is 11.1 Å². The Balaban J connectivity index is 1.53. The zero-order valence-electron chi connectivity index (χ0n) is 18.8. The standard InChI is InChI=1S/C28H30O4/c1-30-26-18-17-23(19-27(26)32-24-8-4-5-9-24)25-10-6-3-7-21(25)14-11-20-12-15-22(16-13-20)28(29)31-2/h3,6-7,10,12-13,15-19,24H,4-5,8-9,11,14H2,1-2H3. The van der Waals surface area contributed by atoms with Crippen molar-refractivity contribution in [1.82, 2.24) is 0 Å². The third-order valence-corrected chi connectivity index (χ3v) is 6.15. The fraction of sp³-hybridized carbons (Fsp3) is 0.321. The van der Waals surface area contributed by atoms with Gasteiger partial charge < -0.3 is 14.2 Å². The molecule has 0 radical (unpaired) electrons. The average molecular weight is 431 g/mol. The first-order valence-electron chi connectivity index (χ1n) is 11.3. The third kappa shape index (κ3) is 5.13.